The molecule has 4 heteroatoms. The van der Waals surface area contributed by atoms with Crippen LogP contribution in [-0.4, -0.2) is 6.61 Å². The molecule has 0 unspecified atom stereocenters. The van der Waals surface area contributed by atoms with Gasteiger partial charge in [0.15, 0.2) is 11.6 Å². The van der Waals surface area contributed by atoms with Crippen molar-refractivity contribution in [2.75, 3.05) is 6.61 Å². The molecule has 1 aliphatic carbocycles. The molecule has 1 aromatic rings. The van der Waals surface area contributed by atoms with Crippen LogP contribution >= 0.6 is 15.9 Å². The summed E-state index contributed by atoms with van der Waals surface area (Å²) in [6.45, 7) is 0.913. The van der Waals surface area contributed by atoms with Crippen molar-refractivity contribution in [2.24, 2.45) is 11.7 Å². The maximum Gasteiger partial charge on any atom is 0.179 e. The molecule has 2 N–H and O–H groups in total. The van der Waals surface area contributed by atoms with Gasteiger partial charge in [0.1, 0.15) is 0 Å². The third-order valence-electron chi connectivity index (χ3n) is 2.83. The topological polar surface area (TPSA) is 35.2 Å². The summed E-state index contributed by atoms with van der Waals surface area (Å²) in [5, 5.41) is 0. The molecule has 0 aliphatic heterocycles. The van der Waals surface area contributed by atoms with E-state index in [4.69, 9.17) is 10.5 Å². The van der Waals surface area contributed by atoms with Crippen molar-refractivity contribution in [3.63, 3.8) is 0 Å². The number of hydrogen-bond donors (Lipinski definition) is 1. The number of benzene rings is 1. The van der Waals surface area contributed by atoms with Gasteiger partial charge in [-0.25, -0.2) is 4.39 Å². The Kier molecular flexibility index (Phi) is 3.82. The molecular weight excluding hydrogens is 273 g/mol. The van der Waals surface area contributed by atoms with Crippen molar-refractivity contribution in [2.45, 2.75) is 25.8 Å². The van der Waals surface area contributed by atoms with Gasteiger partial charge in [-0.3, -0.25) is 0 Å². The molecule has 0 saturated heterocycles. The summed E-state index contributed by atoms with van der Waals surface area (Å²) in [5.74, 6) is 0.762. The summed E-state index contributed by atoms with van der Waals surface area (Å²) in [6, 6.07) is 3.44. The Bertz CT molecular complexity index is 380. The first-order valence-electron chi connectivity index (χ1n) is 5.52. The van der Waals surface area contributed by atoms with Crippen LogP contribution in [0.15, 0.2) is 16.6 Å². The first-order valence-corrected chi connectivity index (χ1v) is 6.31. The molecule has 0 radical (unpaired) electrons. The average Bonchev–Trinajstić information content (AvgIpc) is 3.08. The highest BCUT2D eigenvalue weighted by Gasteiger charge is 2.21. The van der Waals surface area contributed by atoms with E-state index in [0.717, 1.165) is 17.9 Å². The fraction of sp³-hybridized carbons (Fsp3) is 0.500. The summed E-state index contributed by atoms with van der Waals surface area (Å²) in [5.41, 5.74) is 6.24. The highest BCUT2D eigenvalue weighted by Crippen LogP contribution is 2.33. The van der Waals surface area contributed by atoms with E-state index in [0.29, 0.717) is 23.4 Å². The SMILES string of the molecule is NCc1ccc(OCCC2CC2)c(F)c1Br. The largest absolute Gasteiger partial charge is 0.490 e. The first kappa shape index (κ1) is 11.9. The molecule has 0 aromatic heterocycles. The molecule has 1 saturated carbocycles. The first-order chi connectivity index (χ1) is 7.72. The molecule has 0 amide bonds. The average molecular weight is 288 g/mol. The van der Waals surface area contributed by atoms with Crippen LogP contribution in [0, 0.1) is 11.7 Å². The van der Waals surface area contributed by atoms with E-state index in [-0.39, 0.29) is 5.82 Å². The van der Waals surface area contributed by atoms with Crippen molar-refractivity contribution in [1.29, 1.82) is 0 Å². The second kappa shape index (κ2) is 5.15. The van der Waals surface area contributed by atoms with E-state index >= 15 is 0 Å². The van der Waals surface area contributed by atoms with Gasteiger partial charge in [0.05, 0.1) is 11.1 Å². The molecule has 88 valence electrons. The van der Waals surface area contributed by atoms with E-state index in [2.05, 4.69) is 15.9 Å². The zero-order valence-electron chi connectivity index (χ0n) is 9.01. The van der Waals surface area contributed by atoms with Gasteiger partial charge in [-0.1, -0.05) is 18.9 Å². The molecule has 0 bridgehead atoms. The van der Waals surface area contributed by atoms with Crippen LogP contribution in [0.4, 0.5) is 4.39 Å². The third-order valence-corrected chi connectivity index (χ3v) is 3.68. The molecular formula is C12H15BrFNO. The Balaban J connectivity index is 1.99. The Hall–Kier alpha value is -0.610. The van der Waals surface area contributed by atoms with Gasteiger partial charge in [0.25, 0.3) is 0 Å². The van der Waals surface area contributed by atoms with E-state index in [1.165, 1.54) is 12.8 Å². The minimum atomic E-state index is -0.348. The van der Waals surface area contributed by atoms with Crippen LogP contribution < -0.4 is 10.5 Å². The van der Waals surface area contributed by atoms with Crippen molar-refractivity contribution in [3.8, 4) is 5.75 Å². The Labute approximate surface area is 103 Å². The number of nitrogens with two attached hydrogens (primary N) is 1. The lowest BCUT2D eigenvalue weighted by Gasteiger charge is -2.10. The van der Waals surface area contributed by atoms with Crippen LogP contribution in [0.5, 0.6) is 5.75 Å². The molecule has 1 fully saturated rings. The monoisotopic (exact) mass is 287 g/mol. The Morgan fingerprint density at radius 2 is 2.19 bits per heavy atom. The van der Waals surface area contributed by atoms with Crippen molar-refractivity contribution >= 4 is 15.9 Å². The summed E-state index contributed by atoms with van der Waals surface area (Å²) < 4.78 is 19.6. The van der Waals surface area contributed by atoms with Crippen LogP contribution in [0.25, 0.3) is 0 Å². The van der Waals surface area contributed by atoms with E-state index < -0.39 is 0 Å². The van der Waals surface area contributed by atoms with Gasteiger partial charge >= 0.3 is 0 Å². The summed E-state index contributed by atoms with van der Waals surface area (Å²) in [6.07, 6.45) is 3.61. The molecule has 1 aromatic carbocycles. The second-order valence-corrected chi connectivity index (χ2v) is 4.93. The van der Waals surface area contributed by atoms with Crippen molar-refractivity contribution in [1.82, 2.24) is 0 Å². The van der Waals surface area contributed by atoms with Gasteiger partial charge in [0, 0.05) is 6.54 Å². The molecule has 2 rings (SSSR count). The Morgan fingerprint density at radius 3 is 2.81 bits per heavy atom. The zero-order chi connectivity index (χ0) is 11.5. The van der Waals surface area contributed by atoms with E-state index in [1.807, 2.05) is 0 Å². The summed E-state index contributed by atoms with van der Waals surface area (Å²) in [7, 11) is 0. The minimum Gasteiger partial charge on any atom is -0.490 e. The van der Waals surface area contributed by atoms with Crippen LogP contribution in [0.3, 0.4) is 0 Å². The van der Waals surface area contributed by atoms with Crippen molar-refractivity contribution in [3.05, 3.63) is 28.0 Å². The van der Waals surface area contributed by atoms with Crippen molar-refractivity contribution < 1.29 is 9.13 Å². The van der Waals surface area contributed by atoms with Crippen LogP contribution in [-0.2, 0) is 6.54 Å². The number of hydrogen-bond acceptors (Lipinski definition) is 2. The lowest BCUT2D eigenvalue weighted by atomic mass is 10.2. The highest BCUT2D eigenvalue weighted by molar-refractivity contribution is 9.10. The third kappa shape index (κ3) is 2.74. The second-order valence-electron chi connectivity index (χ2n) is 4.14. The predicted octanol–water partition coefficient (Wildman–Crippen LogP) is 3.23. The zero-order valence-corrected chi connectivity index (χ0v) is 10.6. The van der Waals surface area contributed by atoms with Crippen LogP contribution in [0.2, 0.25) is 0 Å². The molecule has 16 heavy (non-hydrogen) atoms. The van der Waals surface area contributed by atoms with E-state index in [9.17, 15) is 4.39 Å². The number of rotatable bonds is 5. The minimum absolute atomic E-state index is 0.310. The maximum absolute atomic E-state index is 13.8. The quantitative estimate of drug-likeness (QED) is 0.902. The maximum atomic E-state index is 13.8. The van der Waals surface area contributed by atoms with Gasteiger partial charge < -0.3 is 10.5 Å². The van der Waals surface area contributed by atoms with Gasteiger partial charge in [-0.05, 0) is 39.9 Å². The fourth-order valence-electron chi connectivity index (χ4n) is 1.58. The fourth-order valence-corrected chi connectivity index (χ4v) is 2.07. The number of ether oxygens (including phenoxy) is 1. The lowest BCUT2D eigenvalue weighted by molar-refractivity contribution is 0.287. The molecule has 0 heterocycles. The highest BCUT2D eigenvalue weighted by atomic mass is 79.9. The van der Waals surface area contributed by atoms with Gasteiger partial charge in [0.2, 0.25) is 0 Å². The smallest absolute Gasteiger partial charge is 0.179 e. The normalized spacial score (nSPS) is 15.2. The predicted molar refractivity (Wildman–Crippen MR) is 64.8 cm³/mol. The summed E-state index contributed by atoms with van der Waals surface area (Å²) in [4.78, 5) is 0. The van der Waals surface area contributed by atoms with Crippen LogP contribution in [0.1, 0.15) is 24.8 Å². The van der Waals surface area contributed by atoms with Gasteiger partial charge in [-0.2, -0.15) is 0 Å². The number of halogens is 2. The molecule has 2 nitrogen and oxygen atoms in total. The lowest BCUT2D eigenvalue weighted by Crippen LogP contribution is -2.03. The van der Waals surface area contributed by atoms with E-state index in [1.54, 1.807) is 12.1 Å². The molecule has 1 aliphatic rings. The molecule has 0 spiro atoms. The standard InChI is InChI=1S/C12H15BrFNO/c13-11-9(7-15)3-4-10(12(11)14)16-6-5-8-1-2-8/h3-4,8H,1-2,5-7,15H2. The Morgan fingerprint density at radius 1 is 1.44 bits per heavy atom. The van der Waals surface area contributed by atoms with Gasteiger partial charge in [-0.15, -0.1) is 0 Å². The molecule has 0 atom stereocenters. The summed E-state index contributed by atoms with van der Waals surface area (Å²) >= 11 is 3.19.